The average Bonchev–Trinajstić information content (AvgIpc) is 3.30. The molecule has 3 aromatic rings. The first kappa shape index (κ1) is 21.0. The number of aryl methyl sites for hydroxylation is 2. The van der Waals surface area contributed by atoms with Crippen LogP contribution in [0.25, 0.3) is 0 Å². The molecule has 1 N–H and O–H groups in total. The van der Waals surface area contributed by atoms with Gasteiger partial charge >= 0.3 is 0 Å². The van der Waals surface area contributed by atoms with Gasteiger partial charge in [-0.3, -0.25) is 9.48 Å². The molecule has 1 aromatic carbocycles. The molecule has 0 unspecified atom stereocenters. The van der Waals surface area contributed by atoms with Gasteiger partial charge in [0.2, 0.25) is 0 Å². The lowest BCUT2D eigenvalue weighted by atomic mass is 10.0. The zero-order chi connectivity index (χ0) is 21.0. The largest absolute Gasteiger partial charge is 0.485 e. The highest BCUT2D eigenvalue weighted by Crippen LogP contribution is 2.28. The molecule has 0 fully saturated rings. The maximum Gasteiger partial charge on any atom is 0.287 e. The van der Waals surface area contributed by atoms with Crippen molar-refractivity contribution < 1.29 is 13.9 Å². The molecule has 0 aliphatic heterocycles. The summed E-state index contributed by atoms with van der Waals surface area (Å²) < 4.78 is 13.4. The van der Waals surface area contributed by atoms with Crippen LogP contribution in [0, 0.1) is 6.92 Å². The lowest BCUT2D eigenvalue weighted by Gasteiger charge is -2.14. The summed E-state index contributed by atoms with van der Waals surface area (Å²) in [6.07, 6.45) is 1.57. The van der Waals surface area contributed by atoms with Crippen LogP contribution in [0.3, 0.4) is 0 Å². The van der Waals surface area contributed by atoms with Crippen LogP contribution in [0.4, 0.5) is 0 Å². The second-order valence-electron chi connectivity index (χ2n) is 7.19. The minimum atomic E-state index is -0.311. The highest BCUT2D eigenvalue weighted by Gasteiger charge is 2.15. The van der Waals surface area contributed by atoms with E-state index < -0.39 is 0 Å². The highest BCUT2D eigenvalue weighted by atomic mass is 35.5. The molecule has 6 nitrogen and oxygen atoms in total. The Balaban J connectivity index is 1.61. The monoisotopic (exact) mass is 415 g/mol. The molecule has 0 aliphatic carbocycles. The Morgan fingerprint density at radius 3 is 2.83 bits per heavy atom. The summed E-state index contributed by atoms with van der Waals surface area (Å²) >= 11 is 6.13. The molecule has 0 radical (unpaired) electrons. The van der Waals surface area contributed by atoms with Crippen molar-refractivity contribution in [2.45, 2.75) is 53.3 Å². The Labute approximate surface area is 175 Å². The SMILES string of the molecule is CCn1ncc(Cl)c1CNC(=O)c1ccc(COc2cc(C)ccc2C(C)C)o1. The van der Waals surface area contributed by atoms with Gasteiger partial charge in [-0.2, -0.15) is 5.10 Å². The van der Waals surface area contributed by atoms with Gasteiger partial charge in [0, 0.05) is 6.54 Å². The summed E-state index contributed by atoms with van der Waals surface area (Å²) in [7, 11) is 0. The molecule has 154 valence electrons. The number of carbonyl (C=O) groups is 1. The van der Waals surface area contributed by atoms with Crippen LogP contribution >= 0.6 is 11.6 Å². The molecule has 2 heterocycles. The van der Waals surface area contributed by atoms with Gasteiger partial charge in [0.15, 0.2) is 5.76 Å². The summed E-state index contributed by atoms with van der Waals surface area (Å²) in [6.45, 7) is 9.46. The molecular formula is C22H26ClN3O3. The van der Waals surface area contributed by atoms with Gasteiger partial charge in [0.1, 0.15) is 18.1 Å². The Morgan fingerprint density at radius 1 is 1.31 bits per heavy atom. The minimum absolute atomic E-state index is 0.232. The number of hydrogen-bond donors (Lipinski definition) is 1. The van der Waals surface area contributed by atoms with E-state index in [2.05, 4.69) is 36.4 Å². The van der Waals surface area contributed by atoms with Crippen LogP contribution in [-0.2, 0) is 19.7 Å². The van der Waals surface area contributed by atoms with Gasteiger partial charge < -0.3 is 14.5 Å². The molecule has 0 spiro atoms. The van der Waals surface area contributed by atoms with Crippen molar-refractivity contribution in [3.05, 3.63) is 69.9 Å². The molecule has 3 rings (SSSR count). The van der Waals surface area contributed by atoms with Crippen molar-refractivity contribution >= 4 is 17.5 Å². The van der Waals surface area contributed by atoms with Crippen LogP contribution in [0.2, 0.25) is 5.02 Å². The first-order valence-corrected chi connectivity index (χ1v) is 10.1. The van der Waals surface area contributed by atoms with Crippen molar-refractivity contribution in [2.75, 3.05) is 0 Å². The van der Waals surface area contributed by atoms with Crippen LogP contribution in [0.5, 0.6) is 5.75 Å². The highest BCUT2D eigenvalue weighted by molar-refractivity contribution is 6.31. The van der Waals surface area contributed by atoms with Crippen molar-refractivity contribution in [2.24, 2.45) is 0 Å². The predicted octanol–water partition coefficient (Wildman–Crippen LogP) is 5.09. The number of halogens is 1. The summed E-state index contributed by atoms with van der Waals surface area (Å²) in [4.78, 5) is 12.4. The lowest BCUT2D eigenvalue weighted by Crippen LogP contribution is -2.24. The molecule has 0 atom stereocenters. The van der Waals surface area contributed by atoms with Crippen LogP contribution in [-0.4, -0.2) is 15.7 Å². The number of hydrogen-bond acceptors (Lipinski definition) is 4. The lowest BCUT2D eigenvalue weighted by molar-refractivity contribution is 0.0918. The normalized spacial score (nSPS) is 11.1. The maximum absolute atomic E-state index is 12.4. The van der Waals surface area contributed by atoms with Gasteiger partial charge in [-0.1, -0.05) is 37.6 Å². The first-order chi connectivity index (χ1) is 13.9. The van der Waals surface area contributed by atoms with Gasteiger partial charge in [-0.25, -0.2) is 0 Å². The number of furan rings is 1. The predicted molar refractivity (Wildman–Crippen MR) is 112 cm³/mol. The van der Waals surface area contributed by atoms with Crippen molar-refractivity contribution in [1.29, 1.82) is 0 Å². The molecule has 0 saturated carbocycles. The average molecular weight is 416 g/mol. The minimum Gasteiger partial charge on any atom is -0.485 e. The Hall–Kier alpha value is -2.73. The quantitative estimate of drug-likeness (QED) is 0.556. The van der Waals surface area contributed by atoms with E-state index in [0.29, 0.717) is 23.2 Å². The Morgan fingerprint density at radius 2 is 2.10 bits per heavy atom. The van der Waals surface area contributed by atoms with Crippen molar-refractivity contribution in [1.82, 2.24) is 15.1 Å². The molecule has 2 aromatic heterocycles. The molecule has 7 heteroatoms. The Bertz CT molecular complexity index is 991. The van der Waals surface area contributed by atoms with Gasteiger partial charge in [-0.15, -0.1) is 0 Å². The topological polar surface area (TPSA) is 69.3 Å². The summed E-state index contributed by atoms with van der Waals surface area (Å²) in [5.74, 6) is 1.70. The number of nitrogens with one attached hydrogen (secondary N) is 1. The molecule has 1 amide bonds. The number of aromatic nitrogens is 2. The zero-order valence-corrected chi connectivity index (χ0v) is 17.9. The summed E-state index contributed by atoms with van der Waals surface area (Å²) in [5.41, 5.74) is 3.04. The smallest absolute Gasteiger partial charge is 0.287 e. The first-order valence-electron chi connectivity index (χ1n) is 9.69. The maximum atomic E-state index is 12.4. The van der Waals surface area contributed by atoms with E-state index in [-0.39, 0.29) is 24.8 Å². The van der Waals surface area contributed by atoms with Crippen LogP contribution in [0.15, 0.2) is 40.9 Å². The van der Waals surface area contributed by atoms with E-state index in [9.17, 15) is 4.79 Å². The standard InChI is InChI=1S/C22H26ClN3O3/c1-5-26-19(18(23)11-25-26)12-24-22(27)20-9-7-16(29-20)13-28-21-10-15(4)6-8-17(21)14(2)3/h6-11,14H,5,12-13H2,1-4H3,(H,24,27). The van der Waals surface area contributed by atoms with E-state index in [4.69, 9.17) is 20.8 Å². The van der Waals surface area contributed by atoms with Crippen molar-refractivity contribution in [3.8, 4) is 5.75 Å². The second kappa shape index (κ2) is 9.18. The van der Waals surface area contributed by atoms with Crippen LogP contribution in [0.1, 0.15) is 59.8 Å². The fourth-order valence-corrected chi connectivity index (χ4v) is 3.27. The zero-order valence-electron chi connectivity index (χ0n) is 17.2. The fraction of sp³-hybridized carbons (Fsp3) is 0.364. The van der Waals surface area contributed by atoms with E-state index in [1.165, 1.54) is 0 Å². The van der Waals surface area contributed by atoms with Gasteiger partial charge in [0.05, 0.1) is 23.5 Å². The van der Waals surface area contributed by atoms with E-state index in [1.54, 1.807) is 23.0 Å². The number of rotatable bonds is 8. The van der Waals surface area contributed by atoms with Gasteiger partial charge in [0.25, 0.3) is 5.91 Å². The third-order valence-electron chi connectivity index (χ3n) is 4.66. The number of carbonyl (C=O) groups excluding carboxylic acids is 1. The number of benzene rings is 1. The second-order valence-corrected chi connectivity index (χ2v) is 7.60. The number of ether oxygens (including phenoxy) is 1. The molecular weight excluding hydrogens is 390 g/mol. The molecule has 0 bridgehead atoms. The molecule has 0 saturated heterocycles. The third kappa shape index (κ3) is 5.01. The summed E-state index contributed by atoms with van der Waals surface area (Å²) in [5, 5.41) is 7.51. The third-order valence-corrected chi connectivity index (χ3v) is 4.98. The van der Waals surface area contributed by atoms with Crippen molar-refractivity contribution in [3.63, 3.8) is 0 Å². The summed E-state index contributed by atoms with van der Waals surface area (Å²) in [6, 6.07) is 9.58. The fourth-order valence-electron chi connectivity index (χ4n) is 3.06. The Kier molecular flexibility index (Phi) is 6.64. The number of nitrogens with zero attached hydrogens (tertiary/aromatic N) is 2. The van der Waals surface area contributed by atoms with Gasteiger partial charge in [-0.05, 0) is 49.1 Å². The van der Waals surface area contributed by atoms with E-state index in [0.717, 1.165) is 22.6 Å². The van der Waals surface area contributed by atoms with Crippen LogP contribution < -0.4 is 10.1 Å². The number of amides is 1. The molecule has 0 aliphatic rings. The van der Waals surface area contributed by atoms with E-state index >= 15 is 0 Å². The van der Waals surface area contributed by atoms with E-state index in [1.807, 2.05) is 19.9 Å². The molecule has 29 heavy (non-hydrogen) atoms.